The van der Waals surface area contributed by atoms with Crippen LogP contribution < -0.4 is 10.6 Å². The summed E-state index contributed by atoms with van der Waals surface area (Å²) in [6.45, 7) is 2.21. The number of nitrogens with zero attached hydrogens (tertiary/aromatic N) is 1. The van der Waals surface area contributed by atoms with Gasteiger partial charge in [-0.3, -0.25) is 10.1 Å². The number of carbonyl (C=O) groups is 1. The molecule has 0 spiro atoms. The van der Waals surface area contributed by atoms with Crippen molar-refractivity contribution in [2.75, 3.05) is 5.32 Å². The standard InChI is InChI=1S/C22H17Cl2N3O2S2/c1-11-2-4-13-15(10-25)21(31-19(13)8-11)27-22(30)26-20(28)18-7-6-17(29-18)14-9-12(23)3-5-16(14)24/h3,5-7,9,11H,2,4,8H2,1H3,(H2,26,27,28,30)/t11-/m0/s1. The van der Waals surface area contributed by atoms with Gasteiger partial charge in [-0.05, 0) is 73.3 Å². The maximum atomic E-state index is 12.6. The molecule has 1 amide bonds. The summed E-state index contributed by atoms with van der Waals surface area (Å²) in [6.07, 6.45) is 2.91. The van der Waals surface area contributed by atoms with Gasteiger partial charge in [0.2, 0.25) is 0 Å². The SMILES string of the molecule is C[C@H]1CCc2c(sc(NC(=S)NC(=O)c3ccc(-c4cc(Cl)ccc4Cl)o3)c2C#N)C1. The van der Waals surface area contributed by atoms with Crippen LogP contribution in [0.25, 0.3) is 11.3 Å². The molecule has 1 aliphatic carbocycles. The number of nitriles is 1. The number of benzene rings is 1. The fraction of sp³-hybridized carbons (Fsp3) is 0.227. The zero-order valence-corrected chi connectivity index (χ0v) is 19.6. The second-order valence-electron chi connectivity index (χ2n) is 7.36. The highest BCUT2D eigenvalue weighted by atomic mass is 35.5. The maximum Gasteiger partial charge on any atom is 0.293 e. The molecular weight excluding hydrogens is 473 g/mol. The van der Waals surface area contributed by atoms with Crippen LogP contribution in [0.4, 0.5) is 5.00 Å². The molecule has 0 saturated heterocycles. The van der Waals surface area contributed by atoms with Crippen LogP contribution in [0.3, 0.4) is 0 Å². The lowest BCUT2D eigenvalue weighted by Crippen LogP contribution is -2.33. The van der Waals surface area contributed by atoms with Gasteiger partial charge in [0.15, 0.2) is 10.9 Å². The Morgan fingerprint density at radius 1 is 1.32 bits per heavy atom. The first-order valence-electron chi connectivity index (χ1n) is 9.58. The molecule has 1 aliphatic rings. The van der Waals surface area contributed by atoms with E-state index in [1.165, 1.54) is 22.3 Å². The number of rotatable bonds is 3. The highest BCUT2D eigenvalue weighted by Crippen LogP contribution is 2.39. The largest absolute Gasteiger partial charge is 0.451 e. The number of furan rings is 1. The molecule has 0 aliphatic heterocycles. The zero-order valence-electron chi connectivity index (χ0n) is 16.4. The average Bonchev–Trinajstić information content (AvgIpc) is 3.34. The van der Waals surface area contributed by atoms with Crippen molar-refractivity contribution in [3.05, 3.63) is 62.1 Å². The lowest BCUT2D eigenvalue weighted by molar-refractivity contribution is 0.0951. The Kier molecular flexibility index (Phi) is 6.35. The predicted molar refractivity (Wildman–Crippen MR) is 128 cm³/mol. The molecule has 2 N–H and O–H groups in total. The topological polar surface area (TPSA) is 78.1 Å². The Hall–Kier alpha value is -2.37. The Labute approximate surface area is 199 Å². The van der Waals surface area contributed by atoms with Gasteiger partial charge in [-0.25, -0.2) is 0 Å². The van der Waals surface area contributed by atoms with Gasteiger partial charge < -0.3 is 9.73 Å². The van der Waals surface area contributed by atoms with E-state index in [4.69, 9.17) is 39.8 Å². The fourth-order valence-electron chi connectivity index (χ4n) is 3.55. The summed E-state index contributed by atoms with van der Waals surface area (Å²) in [5.41, 5.74) is 2.29. The minimum atomic E-state index is -0.504. The molecular formula is C22H17Cl2N3O2S2. The molecule has 2 heterocycles. The smallest absolute Gasteiger partial charge is 0.293 e. The van der Waals surface area contributed by atoms with E-state index >= 15 is 0 Å². The molecule has 5 nitrogen and oxygen atoms in total. The quantitative estimate of drug-likeness (QED) is 0.413. The van der Waals surface area contributed by atoms with Gasteiger partial charge in [-0.1, -0.05) is 30.1 Å². The monoisotopic (exact) mass is 489 g/mol. The molecule has 3 aromatic rings. The molecule has 0 saturated carbocycles. The number of nitrogens with one attached hydrogen (secondary N) is 2. The summed E-state index contributed by atoms with van der Waals surface area (Å²) >= 11 is 19.0. The van der Waals surface area contributed by atoms with Gasteiger partial charge in [-0.2, -0.15) is 5.26 Å². The summed E-state index contributed by atoms with van der Waals surface area (Å²) in [6, 6.07) is 10.5. The van der Waals surface area contributed by atoms with Crippen LogP contribution in [-0.2, 0) is 12.8 Å². The van der Waals surface area contributed by atoms with E-state index in [-0.39, 0.29) is 10.9 Å². The third-order valence-electron chi connectivity index (χ3n) is 5.10. The summed E-state index contributed by atoms with van der Waals surface area (Å²) in [7, 11) is 0. The van der Waals surface area contributed by atoms with Gasteiger partial charge in [0.25, 0.3) is 5.91 Å². The number of thiophene rings is 1. The Morgan fingerprint density at radius 3 is 2.90 bits per heavy atom. The second kappa shape index (κ2) is 9.01. The summed E-state index contributed by atoms with van der Waals surface area (Å²) in [5.74, 6) is 0.590. The van der Waals surface area contributed by atoms with Crippen LogP contribution in [0, 0.1) is 17.2 Å². The molecule has 1 atom stereocenters. The molecule has 0 bridgehead atoms. The number of thiocarbonyl (C=S) groups is 1. The molecule has 0 unspecified atom stereocenters. The average molecular weight is 490 g/mol. The van der Waals surface area contributed by atoms with Crippen molar-refractivity contribution in [2.45, 2.75) is 26.2 Å². The van der Waals surface area contributed by atoms with Crippen molar-refractivity contribution < 1.29 is 9.21 Å². The summed E-state index contributed by atoms with van der Waals surface area (Å²) in [5, 5.41) is 16.9. The number of halogens is 2. The van der Waals surface area contributed by atoms with E-state index in [0.717, 1.165) is 24.8 Å². The third kappa shape index (κ3) is 4.63. The summed E-state index contributed by atoms with van der Waals surface area (Å²) < 4.78 is 5.65. The first-order chi connectivity index (χ1) is 14.9. The summed E-state index contributed by atoms with van der Waals surface area (Å²) in [4.78, 5) is 13.8. The predicted octanol–water partition coefficient (Wildman–Crippen LogP) is 6.44. The van der Waals surface area contributed by atoms with E-state index in [1.54, 1.807) is 24.3 Å². The van der Waals surface area contributed by atoms with E-state index in [1.807, 2.05) is 0 Å². The van der Waals surface area contributed by atoms with Crippen molar-refractivity contribution >= 4 is 62.8 Å². The first-order valence-corrected chi connectivity index (χ1v) is 11.6. The Bertz CT molecular complexity index is 1230. The maximum absolute atomic E-state index is 12.6. The van der Waals surface area contributed by atoms with Crippen LogP contribution in [-0.4, -0.2) is 11.0 Å². The molecule has 1 aromatic carbocycles. The van der Waals surface area contributed by atoms with Crippen molar-refractivity contribution in [3.8, 4) is 17.4 Å². The normalized spacial score (nSPS) is 15.1. The number of fused-ring (bicyclic) bond motifs is 1. The highest BCUT2D eigenvalue weighted by Gasteiger charge is 2.24. The molecule has 0 fully saturated rings. The van der Waals surface area contributed by atoms with Crippen molar-refractivity contribution in [1.82, 2.24) is 5.32 Å². The van der Waals surface area contributed by atoms with Crippen molar-refractivity contribution in [2.24, 2.45) is 5.92 Å². The lowest BCUT2D eigenvalue weighted by atomic mass is 9.89. The van der Waals surface area contributed by atoms with Crippen LogP contribution in [0.5, 0.6) is 0 Å². The number of hydrogen-bond donors (Lipinski definition) is 2. The number of amides is 1. The van der Waals surface area contributed by atoms with Crippen LogP contribution >= 0.6 is 46.8 Å². The number of carbonyl (C=O) groups excluding carboxylic acids is 1. The van der Waals surface area contributed by atoms with Gasteiger partial charge in [0.1, 0.15) is 16.8 Å². The van der Waals surface area contributed by atoms with Gasteiger partial charge in [0, 0.05) is 15.5 Å². The molecule has 4 rings (SSSR count). The second-order valence-corrected chi connectivity index (χ2v) is 9.72. The van der Waals surface area contributed by atoms with E-state index in [2.05, 4.69) is 23.6 Å². The van der Waals surface area contributed by atoms with Crippen molar-refractivity contribution in [3.63, 3.8) is 0 Å². The van der Waals surface area contributed by atoms with E-state index in [9.17, 15) is 10.1 Å². The van der Waals surface area contributed by atoms with Crippen LogP contribution in [0.1, 0.15) is 39.9 Å². The van der Waals surface area contributed by atoms with Gasteiger partial charge in [0.05, 0.1) is 10.6 Å². The Morgan fingerprint density at radius 2 is 2.13 bits per heavy atom. The zero-order chi connectivity index (χ0) is 22.1. The third-order valence-corrected chi connectivity index (χ3v) is 7.04. The van der Waals surface area contributed by atoms with E-state index in [0.29, 0.717) is 37.9 Å². The number of hydrogen-bond acceptors (Lipinski definition) is 5. The lowest BCUT2D eigenvalue weighted by Gasteiger charge is -2.17. The van der Waals surface area contributed by atoms with Crippen LogP contribution in [0.2, 0.25) is 10.0 Å². The molecule has 0 radical (unpaired) electrons. The van der Waals surface area contributed by atoms with Gasteiger partial charge in [-0.15, -0.1) is 11.3 Å². The Balaban J connectivity index is 1.47. The van der Waals surface area contributed by atoms with E-state index < -0.39 is 5.91 Å². The molecule has 9 heteroatoms. The fourth-order valence-corrected chi connectivity index (χ4v) is 5.55. The minimum absolute atomic E-state index is 0.0787. The minimum Gasteiger partial charge on any atom is -0.451 e. The molecule has 2 aromatic heterocycles. The highest BCUT2D eigenvalue weighted by molar-refractivity contribution is 7.80. The van der Waals surface area contributed by atoms with Crippen molar-refractivity contribution in [1.29, 1.82) is 5.26 Å². The van der Waals surface area contributed by atoms with Crippen LogP contribution in [0.15, 0.2) is 34.7 Å². The first kappa shape index (κ1) is 21.8. The molecule has 158 valence electrons. The molecule has 31 heavy (non-hydrogen) atoms. The van der Waals surface area contributed by atoms with Gasteiger partial charge >= 0.3 is 0 Å². The number of anilines is 1.